The molecule has 0 unspecified atom stereocenters. The molecule has 34 heavy (non-hydrogen) atoms. The van der Waals surface area contributed by atoms with Gasteiger partial charge in [-0.25, -0.2) is 9.97 Å². The van der Waals surface area contributed by atoms with Gasteiger partial charge in [-0.15, -0.1) is 0 Å². The van der Waals surface area contributed by atoms with Crippen molar-refractivity contribution in [1.29, 1.82) is 0 Å². The smallest absolute Gasteiger partial charge is 0.132 e. The van der Waals surface area contributed by atoms with Crippen molar-refractivity contribution in [2.24, 2.45) is 0 Å². The quantitative estimate of drug-likeness (QED) is 0.305. The normalized spacial score (nSPS) is 11.2. The summed E-state index contributed by atoms with van der Waals surface area (Å²) in [5, 5.41) is 25.3. The van der Waals surface area contributed by atoms with Gasteiger partial charge in [0.05, 0.1) is 22.8 Å². The summed E-state index contributed by atoms with van der Waals surface area (Å²) in [5.74, 6) is 0.427. The van der Waals surface area contributed by atoms with Crippen LogP contribution in [0.5, 0.6) is 11.5 Å². The fourth-order valence-electron chi connectivity index (χ4n) is 4.38. The van der Waals surface area contributed by atoms with E-state index in [9.17, 15) is 10.2 Å². The van der Waals surface area contributed by atoms with E-state index in [-0.39, 0.29) is 11.5 Å². The minimum Gasteiger partial charge on any atom is -0.507 e. The van der Waals surface area contributed by atoms with Crippen LogP contribution in [-0.4, -0.2) is 20.2 Å². The minimum absolute atomic E-state index is 0.213. The van der Waals surface area contributed by atoms with Crippen LogP contribution < -0.4 is 0 Å². The average molecular weight is 441 g/mol. The maximum Gasteiger partial charge on any atom is 0.132 e. The summed E-state index contributed by atoms with van der Waals surface area (Å²) in [6.07, 6.45) is 0. The molecule has 0 fully saturated rings. The van der Waals surface area contributed by atoms with Crippen molar-refractivity contribution >= 4 is 21.5 Å². The highest BCUT2D eigenvalue weighted by Gasteiger charge is 2.13. The zero-order valence-electron chi connectivity index (χ0n) is 18.2. The minimum atomic E-state index is 0.213. The third kappa shape index (κ3) is 3.33. The Morgan fingerprint density at radius 3 is 1.26 bits per heavy atom. The third-order valence-electron chi connectivity index (χ3n) is 6.11. The van der Waals surface area contributed by atoms with E-state index in [0.29, 0.717) is 33.9 Å². The van der Waals surface area contributed by atoms with Gasteiger partial charge in [0.1, 0.15) is 11.5 Å². The van der Waals surface area contributed by atoms with E-state index in [0.717, 1.165) is 21.5 Å². The summed E-state index contributed by atoms with van der Waals surface area (Å²) in [6.45, 7) is 0. The predicted octanol–water partition coefficient (Wildman–Crippen LogP) is 7.20. The van der Waals surface area contributed by atoms with Gasteiger partial charge < -0.3 is 10.2 Å². The molecule has 0 aliphatic carbocycles. The first kappa shape index (κ1) is 19.9. The van der Waals surface area contributed by atoms with Gasteiger partial charge in [0.2, 0.25) is 0 Å². The molecule has 0 amide bonds. The number of aromatic nitrogens is 2. The van der Waals surface area contributed by atoms with Crippen LogP contribution in [0.15, 0.2) is 109 Å². The molecular weight excluding hydrogens is 420 g/mol. The Morgan fingerprint density at radius 2 is 0.794 bits per heavy atom. The molecule has 0 bridgehead atoms. The van der Waals surface area contributed by atoms with E-state index in [1.807, 2.05) is 109 Å². The number of pyridine rings is 2. The van der Waals surface area contributed by atoms with Gasteiger partial charge in [-0.3, -0.25) is 0 Å². The van der Waals surface area contributed by atoms with Crippen molar-refractivity contribution in [3.05, 3.63) is 109 Å². The van der Waals surface area contributed by atoms with E-state index >= 15 is 0 Å². The fourth-order valence-corrected chi connectivity index (χ4v) is 4.38. The van der Waals surface area contributed by atoms with Crippen molar-refractivity contribution in [2.45, 2.75) is 0 Å². The van der Waals surface area contributed by atoms with Gasteiger partial charge in [-0.2, -0.15) is 0 Å². The summed E-state index contributed by atoms with van der Waals surface area (Å²) < 4.78 is 0. The number of phenolic OH excluding ortho intramolecular Hbond substituents is 2. The Bertz CT molecular complexity index is 1560. The van der Waals surface area contributed by atoms with Crippen molar-refractivity contribution < 1.29 is 10.2 Å². The highest BCUT2D eigenvalue weighted by Crippen LogP contribution is 2.37. The Balaban J connectivity index is 1.43. The molecule has 4 aromatic carbocycles. The summed E-state index contributed by atoms with van der Waals surface area (Å²) in [6, 6.07) is 34.6. The third-order valence-corrected chi connectivity index (χ3v) is 6.11. The Labute approximate surface area is 196 Å². The number of rotatable bonds is 3. The summed E-state index contributed by atoms with van der Waals surface area (Å²) >= 11 is 0. The molecule has 0 saturated heterocycles. The highest BCUT2D eigenvalue weighted by molar-refractivity contribution is 5.95. The maximum atomic E-state index is 10.9. The molecule has 0 saturated carbocycles. The van der Waals surface area contributed by atoms with Crippen LogP contribution in [0.2, 0.25) is 0 Å². The maximum absolute atomic E-state index is 10.9. The molecule has 6 aromatic rings. The first-order chi connectivity index (χ1) is 16.7. The average Bonchev–Trinajstić information content (AvgIpc) is 2.90. The van der Waals surface area contributed by atoms with E-state index in [1.54, 1.807) is 0 Å². The zero-order valence-corrected chi connectivity index (χ0v) is 18.2. The number of nitrogens with zero attached hydrogens (tertiary/aromatic N) is 2. The van der Waals surface area contributed by atoms with Gasteiger partial charge in [0.25, 0.3) is 0 Å². The lowest BCUT2D eigenvalue weighted by atomic mass is 10.0. The molecule has 162 valence electrons. The van der Waals surface area contributed by atoms with Crippen molar-refractivity contribution in [1.82, 2.24) is 9.97 Å². The van der Waals surface area contributed by atoms with Crippen molar-refractivity contribution in [3.8, 4) is 45.4 Å². The number of benzene rings is 4. The Morgan fingerprint density at radius 1 is 0.382 bits per heavy atom. The number of fused-ring (bicyclic) bond motifs is 2. The SMILES string of the molecule is Oc1c(-c2cccc(-c3cccc(-c4ccc5ccccc5c4O)n3)n2)ccc2ccccc12. The number of hydrogen-bond donors (Lipinski definition) is 2. The second kappa shape index (κ2) is 8.01. The molecule has 2 heterocycles. The van der Waals surface area contributed by atoms with E-state index in [4.69, 9.17) is 9.97 Å². The van der Waals surface area contributed by atoms with E-state index in [2.05, 4.69) is 0 Å². The molecule has 0 aliphatic rings. The molecule has 0 aliphatic heterocycles. The molecule has 2 N–H and O–H groups in total. The molecule has 0 atom stereocenters. The lowest BCUT2D eigenvalue weighted by molar-refractivity contribution is 0.483. The molecule has 4 heteroatoms. The van der Waals surface area contributed by atoms with Gasteiger partial charge in [0, 0.05) is 21.9 Å². The topological polar surface area (TPSA) is 66.2 Å². The number of hydrogen-bond acceptors (Lipinski definition) is 4. The Kier molecular flexibility index (Phi) is 4.70. The first-order valence-corrected chi connectivity index (χ1v) is 11.1. The van der Waals surface area contributed by atoms with Crippen molar-refractivity contribution in [3.63, 3.8) is 0 Å². The monoisotopic (exact) mass is 440 g/mol. The number of aromatic hydroxyl groups is 2. The fraction of sp³-hybridized carbons (Fsp3) is 0. The molecule has 2 aromatic heterocycles. The summed E-state index contributed by atoms with van der Waals surface area (Å²) in [7, 11) is 0. The summed E-state index contributed by atoms with van der Waals surface area (Å²) in [5.41, 5.74) is 4.05. The van der Waals surface area contributed by atoms with Crippen molar-refractivity contribution in [2.75, 3.05) is 0 Å². The molecule has 0 spiro atoms. The lowest BCUT2D eigenvalue weighted by Gasteiger charge is -2.11. The van der Waals surface area contributed by atoms with E-state index < -0.39 is 0 Å². The van der Waals surface area contributed by atoms with Crippen LogP contribution in [-0.2, 0) is 0 Å². The summed E-state index contributed by atoms with van der Waals surface area (Å²) in [4.78, 5) is 9.61. The highest BCUT2D eigenvalue weighted by atomic mass is 16.3. The van der Waals surface area contributed by atoms with Gasteiger partial charge in [-0.05, 0) is 47.2 Å². The van der Waals surface area contributed by atoms with Crippen LogP contribution in [0, 0.1) is 0 Å². The Hall–Kier alpha value is -4.70. The zero-order chi connectivity index (χ0) is 23.1. The number of phenols is 2. The largest absolute Gasteiger partial charge is 0.507 e. The van der Waals surface area contributed by atoms with E-state index in [1.165, 1.54) is 0 Å². The van der Waals surface area contributed by atoms with Crippen LogP contribution in [0.1, 0.15) is 0 Å². The van der Waals surface area contributed by atoms with Crippen LogP contribution >= 0.6 is 0 Å². The standard InChI is InChI=1S/C30H20N2O2/c33-29-21-9-3-1-7-19(21)15-17-23(29)25-11-5-13-27(31-25)28-14-6-12-26(32-28)24-18-16-20-8-2-4-10-22(20)30(24)34/h1-18,33-34H. The first-order valence-electron chi connectivity index (χ1n) is 11.1. The van der Waals surface area contributed by atoms with Gasteiger partial charge >= 0.3 is 0 Å². The second-order valence-electron chi connectivity index (χ2n) is 8.18. The predicted molar refractivity (Wildman–Crippen MR) is 137 cm³/mol. The van der Waals surface area contributed by atoms with Gasteiger partial charge in [0.15, 0.2) is 0 Å². The van der Waals surface area contributed by atoms with Crippen LogP contribution in [0.3, 0.4) is 0 Å². The molecular formula is C30H20N2O2. The molecule has 4 nitrogen and oxygen atoms in total. The molecule has 0 radical (unpaired) electrons. The molecule has 6 rings (SSSR count). The van der Waals surface area contributed by atoms with Crippen LogP contribution in [0.25, 0.3) is 55.4 Å². The van der Waals surface area contributed by atoms with Gasteiger partial charge in [-0.1, -0.05) is 72.8 Å². The lowest BCUT2D eigenvalue weighted by Crippen LogP contribution is -1.93. The second-order valence-corrected chi connectivity index (χ2v) is 8.18. The van der Waals surface area contributed by atoms with Crippen LogP contribution in [0.4, 0.5) is 0 Å².